The Morgan fingerprint density at radius 3 is 1.50 bits per heavy atom. The van der Waals surface area contributed by atoms with Gasteiger partial charge in [-0.3, -0.25) is 0 Å². The second-order valence-corrected chi connectivity index (χ2v) is 7.39. The third-order valence-corrected chi connectivity index (χ3v) is 3.14. The van der Waals surface area contributed by atoms with Crippen LogP contribution in [0.5, 0.6) is 0 Å². The number of benzene rings is 1. The quantitative estimate of drug-likeness (QED) is 0.356. The minimum absolute atomic E-state index is 0.209. The van der Waals surface area contributed by atoms with Crippen molar-refractivity contribution in [3.05, 3.63) is 29.3 Å². The Balaban J connectivity index is 0.000000621. The molecule has 1 atom stereocenters. The van der Waals surface area contributed by atoms with Crippen LogP contribution in [0.2, 0.25) is 0 Å². The zero-order valence-electron chi connectivity index (χ0n) is 12.9. The van der Waals surface area contributed by atoms with Gasteiger partial charge >= 0.3 is 7.25 Å². The van der Waals surface area contributed by atoms with Crippen molar-refractivity contribution in [2.75, 3.05) is 0 Å². The summed E-state index contributed by atoms with van der Waals surface area (Å²) in [6.07, 6.45) is 0. The molecular weight excluding hydrogens is 286 g/mol. The largest absolute Gasteiger partial charge is 0.673 e. The predicted molar refractivity (Wildman–Crippen MR) is 83.4 cm³/mol. The lowest BCUT2D eigenvalue weighted by Gasteiger charge is -2.31. The van der Waals surface area contributed by atoms with Crippen LogP contribution in [0.15, 0.2) is 18.2 Å². The maximum absolute atomic E-state index is 9.75. The summed E-state index contributed by atoms with van der Waals surface area (Å²) >= 11 is 0. The van der Waals surface area contributed by atoms with Crippen molar-refractivity contribution < 1.29 is 17.3 Å². The average Bonchev–Trinajstić information content (AvgIpc) is 2.10. The van der Waals surface area contributed by atoms with Crippen molar-refractivity contribution in [1.82, 2.24) is 0 Å². The van der Waals surface area contributed by atoms with E-state index in [0.29, 0.717) is 0 Å². The van der Waals surface area contributed by atoms with Gasteiger partial charge in [0.1, 0.15) is 0 Å². The van der Waals surface area contributed by atoms with Gasteiger partial charge in [-0.2, -0.15) is 0 Å². The van der Waals surface area contributed by atoms with Crippen LogP contribution < -0.4 is 5.30 Å². The first-order valence-corrected chi connectivity index (χ1v) is 6.98. The van der Waals surface area contributed by atoms with E-state index in [4.69, 9.17) is 0 Å². The lowest BCUT2D eigenvalue weighted by Crippen LogP contribution is -2.27. The third-order valence-electron chi connectivity index (χ3n) is 2.65. The molecule has 1 aromatic rings. The SMILES string of the molecule is CC(C)(C)c1cccc(P)c1C(C)(C)C.F[B-](F)(F)F. The summed E-state index contributed by atoms with van der Waals surface area (Å²) in [6.45, 7) is 13.7. The summed E-state index contributed by atoms with van der Waals surface area (Å²) in [5, 5.41) is 1.33. The zero-order valence-corrected chi connectivity index (χ0v) is 14.1. The monoisotopic (exact) mass is 309 g/mol. The van der Waals surface area contributed by atoms with Crippen molar-refractivity contribution in [3.63, 3.8) is 0 Å². The molecule has 0 saturated carbocycles. The topological polar surface area (TPSA) is 0 Å². The van der Waals surface area contributed by atoms with Gasteiger partial charge in [0.15, 0.2) is 0 Å². The fourth-order valence-electron chi connectivity index (χ4n) is 2.03. The van der Waals surface area contributed by atoms with Gasteiger partial charge in [0.05, 0.1) is 0 Å². The lowest BCUT2D eigenvalue weighted by molar-refractivity contribution is 0.368. The summed E-state index contributed by atoms with van der Waals surface area (Å²) < 4.78 is 39.0. The van der Waals surface area contributed by atoms with Gasteiger partial charge < -0.3 is 17.3 Å². The summed E-state index contributed by atoms with van der Waals surface area (Å²) in [6, 6.07) is 6.59. The number of rotatable bonds is 0. The lowest BCUT2D eigenvalue weighted by atomic mass is 9.75. The van der Waals surface area contributed by atoms with Gasteiger partial charge in [-0.1, -0.05) is 59.7 Å². The highest BCUT2D eigenvalue weighted by Crippen LogP contribution is 2.33. The predicted octanol–water partition coefficient (Wildman–Crippen LogP) is 5.08. The second kappa shape index (κ2) is 6.47. The molecule has 0 nitrogen and oxygen atoms in total. The highest BCUT2D eigenvalue weighted by atomic mass is 31.0. The van der Waals surface area contributed by atoms with E-state index in [1.165, 1.54) is 16.4 Å². The van der Waals surface area contributed by atoms with Crippen molar-refractivity contribution >= 4 is 21.8 Å². The Labute approximate surface area is 121 Å². The van der Waals surface area contributed by atoms with E-state index in [-0.39, 0.29) is 10.8 Å². The molecule has 116 valence electrons. The zero-order chi connectivity index (χ0) is 16.4. The summed E-state index contributed by atoms with van der Waals surface area (Å²) in [7, 11) is -3.13. The van der Waals surface area contributed by atoms with E-state index in [1.54, 1.807) is 0 Å². The van der Waals surface area contributed by atoms with Crippen LogP contribution in [-0.2, 0) is 10.8 Å². The average molecular weight is 309 g/mol. The maximum Gasteiger partial charge on any atom is 0.673 e. The van der Waals surface area contributed by atoms with Crippen LogP contribution in [0.3, 0.4) is 0 Å². The standard InChI is InChI=1S/C14H23P.BF4/c1-13(2,3)10-8-7-9-11(15)12(10)14(4,5)6;2-1(3,4)5/h7-9H,15H2,1-6H3;/q;-1. The molecule has 20 heavy (non-hydrogen) atoms. The van der Waals surface area contributed by atoms with E-state index in [0.717, 1.165) is 0 Å². The molecule has 1 unspecified atom stereocenters. The number of hydrogen-bond acceptors (Lipinski definition) is 0. The molecule has 0 aromatic heterocycles. The first kappa shape index (κ1) is 19.4. The molecule has 0 bridgehead atoms. The van der Waals surface area contributed by atoms with E-state index in [9.17, 15) is 17.3 Å². The molecule has 0 aliphatic heterocycles. The molecule has 0 saturated heterocycles. The number of hydrogen-bond donors (Lipinski definition) is 0. The highest BCUT2D eigenvalue weighted by Gasteiger charge is 2.26. The van der Waals surface area contributed by atoms with Crippen LogP contribution in [0.1, 0.15) is 52.7 Å². The first-order chi connectivity index (χ1) is 8.64. The van der Waals surface area contributed by atoms with Gasteiger partial charge in [0.25, 0.3) is 0 Å². The molecule has 0 aliphatic carbocycles. The summed E-state index contributed by atoms with van der Waals surface area (Å²) in [4.78, 5) is 0. The van der Waals surface area contributed by atoms with E-state index in [2.05, 4.69) is 69.0 Å². The Bertz CT molecular complexity index is 436. The maximum atomic E-state index is 9.75. The van der Waals surface area contributed by atoms with Crippen LogP contribution in [0, 0.1) is 0 Å². The van der Waals surface area contributed by atoms with Crippen LogP contribution >= 0.6 is 9.24 Å². The fraction of sp³-hybridized carbons (Fsp3) is 0.571. The van der Waals surface area contributed by atoms with Crippen LogP contribution in [-0.4, -0.2) is 7.25 Å². The van der Waals surface area contributed by atoms with Gasteiger partial charge in [-0.15, -0.1) is 9.24 Å². The molecule has 0 aliphatic rings. The molecule has 0 fully saturated rings. The van der Waals surface area contributed by atoms with Gasteiger partial charge in [0.2, 0.25) is 0 Å². The van der Waals surface area contributed by atoms with Crippen molar-refractivity contribution in [2.45, 2.75) is 52.4 Å². The van der Waals surface area contributed by atoms with Gasteiger partial charge in [-0.25, -0.2) is 0 Å². The number of halogens is 4. The van der Waals surface area contributed by atoms with E-state index < -0.39 is 7.25 Å². The minimum atomic E-state index is -6.00. The first-order valence-electron chi connectivity index (χ1n) is 6.41. The molecule has 0 heterocycles. The van der Waals surface area contributed by atoms with Gasteiger partial charge in [0, 0.05) is 0 Å². The summed E-state index contributed by atoms with van der Waals surface area (Å²) in [5.41, 5.74) is 3.36. The second-order valence-electron chi connectivity index (χ2n) is 6.76. The fourth-order valence-corrected chi connectivity index (χ4v) is 2.73. The Kier molecular flexibility index (Phi) is 6.29. The molecule has 0 radical (unpaired) electrons. The molecule has 0 amide bonds. The smallest absolute Gasteiger partial charge is 0.418 e. The molecule has 6 heteroatoms. The Morgan fingerprint density at radius 2 is 1.25 bits per heavy atom. The van der Waals surface area contributed by atoms with Crippen molar-refractivity contribution in [3.8, 4) is 0 Å². The van der Waals surface area contributed by atoms with E-state index >= 15 is 0 Å². The molecular formula is C14H23BF4P-. The molecule has 1 rings (SSSR count). The molecule has 0 N–H and O–H groups in total. The molecule has 0 spiro atoms. The Hall–Kier alpha value is -0.565. The van der Waals surface area contributed by atoms with Crippen molar-refractivity contribution in [1.29, 1.82) is 0 Å². The third kappa shape index (κ3) is 7.28. The summed E-state index contributed by atoms with van der Waals surface area (Å²) in [5.74, 6) is 0. The Morgan fingerprint density at radius 1 is 0.850 bits per heavy atom. The van der Waals surface area contributed by atoms with Crippen LogP contribution in [0.4, 0.5) is 17.3 Å². The molecule has 1 aromatic carbocycles. The van der Waals surface area contributed by atoms with E-state index in [1.807, 2.05) is 0 Å². The van der Waals surface area contributed by atoms with Gasteiger partial charge in [-0.05, 0) is 27.3 Å². The normalized spacial score (nSPS) is 12.8. The van der Waals surface area contributed by atoms with Crippen molar-refractivity contribution in [2.24, 2.45) is 0 Å². The minimum Gasteiger partial charge on any atom is -0.418 e. The van der Waals surface area contributed by atoms with Crippen LogP contribution in [0.25, 0.3) is 0 Å². The highest BCUT2D eigenvalue weighted by molar-refractivity contribution is 7.27.